The fourth-order valence-electron chi connectivity index (χ4n) is 2.50. The van der Waals surface area contributed by atoms with E-state index in [1.807, 2.05) is 41.4 Å². The molecule has 4 rings (SSSR count). The van der Waals surface area contributed by atoms with Gasteiger partial charge in [0.1, 0.15) is 0 Å². The number of nitrogens with zero attached hydrogens (tertiary/aromatic N) is 3. The van der Waals surface area contributed by atoms with Gasteiger partial charge in [0, 0.05) is 32.3 Å². The first-order chi connectivity index (χ1) is 12.2. The minimum atomic E-state index is -0.0190. The lowest BCUT2D eigenvalue weighted by Gasteiger charge is -2.18. The van der Waals surface area contributed by atoms with Crippen LogP contribution < -0.4 is 0 Å². The average Bonchev–Trinajstić information content (AvgIpc) is 3.22. The molecule has 2 heterocycles. The van der Waals surface area contributed by atoms with Gasteiger partial charge in [-0.3, -0.25) is 9.67 Å². The third-order valence-corrected chi connectivity index (χ3v) is 6.56. The molecule has 0 fully saturated rings. The number of aliphatic imine (C=N–C) groups is 1. The van der Waals surface area contributed by atoms with Gasteiger partial charge in [-0.15, -0.1) is 0 Å². The van der Waals surface area contributed by atoms with E-state index in [-0.39, 0.29) is 5.54 Å². The second-order valence-corrected chi connectivity index (χ2v) is 9.41. The molecule has 2 aromatic carbocycles. The summed E-state index contributed by atoms with van der Waals surface area (Å²) in [6.07, 6.45) is 3.81. The molecular formula is C19H17Br2Cl2N3. The summed E-state index contributed by atoms with van der Waals surface area (Å²) in [7, 11) is 0. The maximum Gasteiger partial charge on any atom is 0.0939 e. The first-order valence-electron chi connectivity index (χ1n) is 7.99. The fourth-order valence-corrected chi connectivity index (χ4v) is 3.63. The van der Waals surface area contributed by atoms with Crippen molar-refractivity contribution in [3.63, 3.8) is 0 Å². The number of rotatable bonds is 0. The van der Waals surface area contributed by atoms with E-state index in [2.05, 4.69) is 62.7 Å². The van der Waals surface area contributed by atoms with Crippen LogP contribution in [0.1, 0.15) is 31.9 Å². The number of halogens is 4. The van der Waals surface area contributed by atoms with Gasteiger partial charge in [-0.1, -0.05) is 29.3 Å². The van der Waals surface area contributed by atoms with Crippen LogP contribution in [0, 0.1) is 0 Å². The molecule has 1 aliphatic heterocycles. The lowest BCUT2D eigenvalue weighted by Crippen LogP contribution is -2.21. The zero-order valence-electron chi connectivity index (χ0n) is 14.5. The van der Waals surface area contributed by atoms with Crippen LogP contribution in [0.5, 0.6) is 0 Å². The molecule has 136 valence electrons. The molecule has 0 amide bonds. The van der Waals surface area contributed by atoms with Crippen molar-refractivity contribution in [2.45, 2.75) is 32.9 Å². The highest BCUT2D eigenvalue weighted by molar-refractivity contribution is 9.10. The summed E-state index contributed by atoms with van der Waals surface area (Å²) < 4.78 is 3.78. The van der Waals surface area contributed by atoms with Crippen molar-refractivity contribution in [3.8, 4) is 0 Å². The highest BCUT2D eigenvalue weighted by atomic mass is 79.9. The van der Waals surface area contributed by atoms with E-state index in [9.17, 15) is 0 Å². The summed E-state index contributed by atoms with van der Waals surface area (Å²) >= 11 is 19.0. The minimum absolute atomic E-state index is 0.0190. The Balaban J connectivity index is 0.000000158. The monoisotopic (exact) mass is 515 g/mol. The van der Waals surface area contributed by atoms with Crippen LogP contribution in [-0.2, 0) is 12.1 Å². The number of aromatic nitrogens is 2. The van der Waals surface area contributed by atoms with Gasteiger partial charge in [0.05, 0.1) is 27.6 Å². The van der Waals surface area contributed by atoms with Gasteiger partial charge in [0.15, 0.2) is 0 Å². The number of fused-ring (bicyclic) bond motifs is 2. The summed E-state index contributed by atoms with van der Waals surface area (Å²) in [5, 5.41) is 6.98. The molecule has 3 aromatic rings. The predicted octanol–water partition coefficient (Wildman–Crippen LogP) is 7.24. The van der Waals surface area contributed by atoms with Crippen molar-refractivity contribution in [3.05, 3.63) is 60.6 Å². The van der Waals surface area contributed by atoms with Gasteiger partial charge >= 0.3 is 0 Å². The molecule has 0 N–H and O–H groups in total. The molecule has 1 aromatic heterocycles. The average molecular weight is 518 g/mol. The van der Waals surface area contributed by atoms with E-state index in [1.165, 1.54) is 5.56 Å². The Morgan fingerprint density at radius 2 is 1.65 bits per heavy atom. The zero-order chi connectivity index (χ0) is 19.1. The van der Waals surface area contributed by atoms with Crippen LogP contribution in [0.4, 0.5) is 0 Å². The third kappa shape index (κ3) is 4.01. The molecule has 0 bridgehead atoms. The van der Waals surface area contributed by atoms with E-state index in [4.69, 9.17) is 23.2 Å². The van der Waals surface area contributed by atoms with Gasteiger partial charge < -0.3 is 0 Å². The summed E-state index contributed by atoms with van der Waals surface area (Å²) in [6.45, 7) is 7.10. The smallest absolute Gasteiger partial charge is 0.0939 e. The molecule has 7 heteroatoms. The standard InChI is InChI=1S/C11H12BrClN2.C8H5BrClN/c1-11(2,3)15-6-7-9(14-15)5-4-8(12)10(7)13;9-7-2-1-5-3-11-4-6(5)8(7)10/h4-6H,1-3H3;1-2,4H,3H2. The van der Waals surface area contributed by atoms with Gasteiger partial charge in [-0.2, -0.15) is 5.10 Å². The number of benzene rings is 2. The molecule has 0 saturated carbocycles. The Hall–Kier alpha value is -0.880. The SMILES string of the molecule is CC(C)(C)n1cc2c(Cl)c(Br)ccc2n1.Clc1c(Br)ccc2c1C=NC2. The van der Waals surface area contributed by atoms with Crippen LogP contribution >= 0.6 is 55.1 Å². The van der Waals surface area contributed by atoms with Crippen LogP contribution in [-0.4, -0.2) is 16.0 Å². The second kappa shape index (κ2) is 7.63. The van der Waals surface area contributed by atoms with Crippen molar-refractivity contribution in [1.29, 1.82) is 0 Å². The first kappa shape index (κ1) is 19.9. The van der Waals surface area contributed by atoms with Crippen LogP contribution in [0.15, 0.2) is 44.4 Å². The third-order valence-electron chi connectivity index (χ3n) is 3.97. The van der Waals surface area contributed by atoms with E-state index in [0.717, 1.165) is 42.0 Å². The fraction of sp³-hybridized carbons (Fsp3) is 0.263. The molecule has 0 spiro atoms. The maximum absolute atomic E-state index is 6.19. The Morgan fingerprint density at radius 1 is 1.00 bits per heavy atom. The van der Waals surface area contributed by atoms with Gasteiger partial charge in [-0.25, -0.2) is 0 Å². The zero-order valence-corrected chi connectivity index (χ0v) is 19.2. The van der Waals surface area contributed by atoms with Crippen molar-refractivity contribution in [2.24, 2.45) is 4.99 Å². The van der Waals surface area contributed by atoms with Gasteiger partial charge in [0.2, 0.25) is 0 Å². The molecule has 3 nitrogen and oxygen atoms in total. The largest absolute Gasteiger partial charge is 0.288 e. The Kier molecular flexibility index (Phi) is 5.83. The molecule has 1 aliphatic rings. The second-order valence-electron chi connectivity index (χ2n) is 6.94. The lowest BCUT2D eigenvalue weighted by atomic mass is 10.1. The molecule has 0 radical (unpaired) electrons. The van der Waals surface area contributed by atoms with Crippen LogP contribution in [0.3, 0.4) is 0 Å². The topological polar surface area (TPSA) is 30.2 Å². The molecule has 0 atom stereocenters. The molecule has 0 aliphatic carbocycles. The van der Waals surface area contributed by atoms with Crippen LogP contribution in [0.2, 0.25) is 10.0 Å². The maximum atomic E-state index is 6.19. The minimum Gasteiger partial charge on any atom is -0.288 e. The van der Waals surface area contributed by atoms with E-state index < -0.39 is 0 Å². The number of hydrogen-bond donors (Lipinski definition) is 0. The van der Waals surface area contributed by atoms with Crippen molar-refractivity contribution in [1.82, 2.24) is 9.78 Å². The molecule has 0 saturated heterocycles. The number of hydrogen-bond acceptors (Lipinski definition) is 2. The van der Waals surface area contributed by atoms with E-state index in [1.54, 1.807) is 0 Å². The summed E-state index contributed by atoms with van der Waals surface area (Å²) in [5.74, 6) is 0. The van der Waals surface area contributed by atoms with Crippen LogP contribution in [0.25, 0.3) is 10.9 Å². The summed E-state index contributed by atoms with van der Waals surface area (Å²) in [5.41, 5.74) is 3.17. The normalized spacial score (nSPS) is 12.9. The van der Waals surface area contributed by atoms with Crippen molar-refractivity contribution in [2.75, 3.05) is 0 Å². The lowest BCUT2D eigenvalue weighted by molar-refractivity contribution is 0.358. The Bertz CT molecular complexity index is 1000. The molecule has 26 heavy (non-hydrogen) atoms. The molecule has 0 unspecified atom stereocenters. The quantitative estimate of drug-likeness (QED) is 0.309. The highest BCUT2D eigenvalue weighted by Gasteiger charge is 2.16. The summed E-state index contributed by atoms with van der Waals surface area (Å²) in [6, 6.07) is 7.88. The van der Waals surface area contributed by atoms with Crippen molar-refractivity contribution >= 4 is 72.2 Å². The van der Waals surface area contributed by atoms with Gasteiger partial charge in [-0.05, 0) is 76.4 Å². The van der Waals surface area contributed by atoms with E-state index >= 15 is 0 Å². The summed E-state index contributed by atoms with van der Waals surface area (Å²) in [4.78, 5) is 4.12. The highest BCUT2D eigenvalue weighted by Crippen LogP contribution is 2.32. The Labute approximate surface area is 179 Å². The van der Waals surface area contributed by atoms with Gasteiger partial charge in [0.25, 0.3) is 0 Å². The molecular weight excluding hydrogens is 501 g/mol. The Morgan fingerprint density at radius 3 is 2.35 bits per heavy atom. The predicted molar refractivity (Wildman–Crippen MR) is 118 cm³/mol. The van der Waals surface area contributed by atoms with Crippen molar-refractivity contribution < 1.29 is 0 Å². The van der Waals surface area contributed by atoms with E-state index in [0.29, 0.717) is 0 Å². The first-order valence-corrected chi connectivity index (χ1v) is 10.3.